The van der Waals surface area contributed by atoms with E-state index in [0.29, 0.717) is 79.7 Å². The molecule has 1 N–H and O–H groups in total. The first-order chi connectivity index (χ1) is 28.1. The number of carbonyl (C=O) groups excluding carboxylic acids is 3. The summed E-state index contributed by atoms with van der Waals surface area (Å²) >= 11 is 0. The summed E-state index contributed by atoms with van der Waals surface area (Å²) in [6.07, 6.45) is 4.48. The number of aliphatic hydroxyl groups is 1. The molecule has 0 spiro atoms. The van der Waals surface area contributed by atoms with Crippen LogP contribution in [-0.2, 0) is 4.74 Å². The number of rotatable bonds is 15. The van der Waals surface area contributed by atoms with E-state index in [2.05, 4.69) is 23.1 Å². The minimum atomic E-state index is -1.40. The molecule has 5 heterocycles. The number of pyridine rings is 1. The van der Waals surface area contributed by atoms with Crippen molar-refractivity contribution in [2.75, 3.05) is 52.0 Å². The predicted octanol–water partition coefficient (Wildman–Crippen LogP) is 7.09. The lowest BCUT2D eigenvalue weighted by Gasteiger charge is -2.31. The quantitative estimate of drug-likeness (QED) is 0.0946. The lowest BCUT2D eigenvalue weighted by molar-refractivity contribution is 0.0491. The summed E-state index contributed by atoms with van der Waals surface area (Å²) < 4.78 is 29.3. The molecule has 58 heavy (non-hydrogen) atoms. The van der Waals surface area contributed by atoms with Crippen molar-refractivity contribution in [3.8, 4) is 23.0 Å². The first-order valence-corrected chi connectivity index (χ1v) is 21.3. The third-order valence-electron chi connectivity index (χ3n) is 10.3. The van der Waals surface area contributed by atoms with E-state index in [1.165, 1.54) is 40.7 Å². The van der Waals surface area contributed by atoms with E-state index in [0.717, 1.165) is 27.5 Å². The Balaban J connectivity index is 0.982. The Kier molecular flexibility index (Phi) is 12.8. The number of aliphatic imine (C=N–C) groups is 1. The Labute approximate surface area is 345 Å². The molecule has 7 rings (SSSR count). The van der Waals surface area contributed by atoms with Gasteiger partial charge in [-0.3, -0.25) is 14.6 Å². The maximum absolute atomic E-state index is 13.9. The summed E-state index contributed by atoms with van der Waals surface area (Å²) in [4.78, 5) is 54.5. The van der Waals surface area contributed by atoms with Crippen LogP contribution in [0.25, 0.3) is 0 Å². The zero-order chi connectivity index (χ0) is 40.9. The molecular formula is C42H47N5O9S2. The zero-order valence-electron chi connectivity index (χ0n) is 32.8. The van der Waals surface area contributed by atoms with Crippen molar-refractivity contribution >= 4 is 57.1 Å². The molecule has 1 unspecified atom stereocenters. The molecule has 3 aromatic rings. The van der Waals surface area contributed by atoms with Gasteiger partial charge in [0.15, 0.2) is 29.2 Å². The van der Waals surface area contributed by atoms with E-state index < -0.39 is 18.4 Å². The summed E-state index contributed by atoms with van der Waals surface area (Å²) in [6.45, 7) is 11.5. The summed E-state index contributed by atoms with van der Waals surface area (Å²) in [7, 11) is 6.01. The highest BCUT2D eigenvalue weighted by Gasteiger charge is 2.46. The fourth-order valence-corrected chi connectivity index (χ4v) is 9.22. The Bertz CT molecular complexity index is 2100. The van der Waals surface area contributed by atoms with Crippen LogP contribution < -0.4 is 23.8 Å². The van der Waals surface area contributed by atoms with Crippen molar-refractivity contribution < 1.29 is 43.2 Å². The summed E-state index contributed by atoms with van der Waals surface area (Å²) in [5, 5.41) is 12.4. The smallest absolute Gasteiger partial charge is 0.416 e. The number of unbranched alkanes of at least 4 members (excludes halogenated alkanes) is 2. The lowest BCUT2D eigenvalue weighted by atomic mass is 10.1. The molecule has 0 aliphatic carbocycles. The fraction of sp³-hybridized carbons (Fsp3) is 0.405. The van der Waals surface area contributed by atoms with Gasteiger partial charge in [-0.2, -0.15) is 0 Å². The number of aliphatic hydroxyl groups excluding tert-OH is 1. The molecule has 4 aliphatic rings. The number of hydrogen-bond acceptors (Lipinski definition) is 13. The number of hydrogen-bond donors (Lipinski definition) is 1. The summed E-state index contributed by atoms with van der Waals surface area (Å²) in [5.74, 6) is 1.12. The molecule has 1 aromatic heterocycles. The van der Waals surface area contributed by atoms with Gasteiger partial charge in [0.2, 0.25) is 0 Å². The highest BCUT2D eigenvalue weighted by atomic mass is 33.1. The predicted molar refractivity (Wildman–Crippen MR) is 223 cm³/mol. The van der Waals surface area contributed by atoms with Gasteiger partial charge in [0, 0.05) is 42.9 Å². The molecule has 306 valence electrons. The maximum atomic E-state index is 13.9. The number of ether oxygens (including phenoxy) is 5. The largest absolute Gasteiger partial charge is 0.493 e. The Morgan fingerprint density at radius 3 is 2.28 bits per heavy atom. The number of fused-ring (bicyclic) bond motifs is 4. The minimum absolute atomic E-state index is 0.0585. The molecular weight excluding hydrogens is 783 g/mol. The van der Waals surface area contributed by atoms with Gasteiger partial charge in [-0.1, -0.05) is 41.2 Å². The summed E-state index contributed by atoms with van der Waals surface area (Å²) in [6, 6.07) is 11.4. The molecule has 2 aromatic carbocycles. The van der Waals surface area contributed by atoms with Crippen molar-refractivity contribution in [1.29, 1.82) is 0 Å². The molecule has 0 saturated carbocycles. The lowest BCUT2D eigenvalue weighted by Crippen LogP contribution is -2.51. The molecule has 4 aliphatic heterocycles. The van der Waals surface area contributed by atoms with E-state index in [1.54, 1.807) is 41.6 Å². The van der Waals surface area contributed by atoms with Crippen LogP contribution in [0, 0.1) is 0 Å². The Morgan fingerprint density at radius 2 is 1.57 bits per heavy atom. The van der Waals surface area contributed by atoms with Gasteiger partial charge in [-0.15, -0.1) is 0 Å². The molecule has 16 heteroatoms. The monoisotopic (exact) mass is 829 g/mol. The molecule has 2 saturated heterocycles. The van der Waals surface area contributed by atoms with Gasteiger partial charge in [0.25, 0.3) is 11.8 Å². The van der Waals surface area contributed by atoms with Crippen molar-refractivity contribution in [3.05, 3.63) is 84.1 Å². The van der Waals surface area contributed by atoms with Crippen molar-refractivity contribution in [2.45, 2.75) is 67.6 Å². The third kappa shape index (κ3) is 8.78. The van der Waals surface area contributed by atoms with Crippen molar-refractivity contribution in [1.82, 2.24) is 14.8 Å². The minimum Gasteiger partial charge on any atom is -0.493 e. The second kappa shape index (κ2) is 18.2. The van der Waals surface area contributed by atoms with Crippen molar-refractivity contribution in [3.63, 3.8) is 0 Å². The Morgan fingerprint density at radius 1 is 0.897 bits per heavy atom. The number of carbonyl (C=O) groups is 3. The molecule has 0 radical (unpaired) electrons. The van der Waals surface area contributed by atoms with Gasteiger partial charge in [-0.25, -0.2) is 14.7 Å². The van der Waals surface area contributed by atoms with Crippen LogP contribution in [0.3, 0.4) is 0 Å². The van der Waals surface area contributed by atoms with Crippen LogP contribution in [0.2, 0.25) is 0 Å². The first kappa shape index (κ1) is 41.0. The number of aromatic nitrogens is 1. The zero-order valence-corrected chi connectivity index (χ0v) is 34.4. The number of benzene rings is 2. The molecule has 0 bridgehead atoms. The number of amides is 3. The molecule has 14 nitrogen and oxygen atoms in total. The van der Waals surface area contributed by atoms with Gasteiger partial charge in [0.1, 0.15) is 11.6 Å². The Hall–Kier alpha value is -5.19. The third-order valence-corrected chi connectivity index (χ3v) is 13.0. The molecule has 3 amide bonds. The fourth-order valence-electron chi connectivity index (χ4n) is 7.35. The van der Waals surface area contributed by atoms with Crippen LogP contribution >= 0.6 is 21.6 Å². The van der Waals surface area contributed by atoms with Crippen LogP contribution in [0.5, 0.6) is 23.0 Å². The van der Waals surface area contributed by atoms with E-state index in [1.807, 2.05) is 25.1 Å². The number of anilines is 1. The van der Waals surface area contributed by atoms with Crippen LogP contribution in [0.1, 0.15) is 59.7 Å². The van der Waals surface area contributed by atoms with E-state index in [4.69, 9.17) is 23.7 Å². The highest BCUT2D eigenvalue weighted by Crippen LogP contribution is 2.43. The van der Waals surface area contributed by atoms with Crippen LogP contribution in [-0.4, -0.2) is 115 Å². The summed E-state index contributed by atoms with van der Waals surface area (Å²) in [5.41, 5.74) is 3.13. The average molecular weight is 830 g/mol. The van der Waals surface area contributed by atoms with E-state index in [-0.39, 0.29) is 47.5 Å². The van der Waals surface area contributed by atoms with E-state index >= 15 is 0 Å². The second-order valence-corrected chi connectivity index (χ2v) is 17.2. The highest BCUT2D eigenvalue weighted by molar-refractivity contribution is 8.76. The van der Waals surface area contributed by atoms with Gasteiger partial charge in [-0.05, 0) is 74.1 Å². The van der Waals surface area contributed by atoms with Crippen molar-refractivity contribution in [2.24, 2.45) is 4.99 Å². The molecule has 4 atom stereocenters. The van der Waals surface area contributed by atoms with Gasteiger partial charge >= 0.3 is 6.09 Å². The maximum Gasteiger partial charge on any atom is 0.416 e. The topological polar surface area (TPSA) is 153 Å². The molecule has 2 fully saturated rings. The average Bonchev–Trinajstić information content (AvgIpc) is 3.77. The van der Waals surface area contributed by atoms with E-state index in [9.17, 15) is 19.5 Å². The first-order valence-electron chi connectivity index (χ1n) is 19.1. The van der Waals surface area contributed by atoms with Gasteiger partial charge < -0.3 is 38.6 Å². The standard InChI is InChI=1S/C42H47N5O9S2/c1-25-15-28-21-44-31-19-36(34(52-4)17-29(31)39(48)45(28)22-25)54-13-9-6-10-14-55-37-20-32-30(18-35(37)53-5)40(49)46-23-26(2)16-33(46)41(50)47(32)42(51)56-24-27(3)57-58-38-11-7-8-12-43-38/h7-8,11-12,17-21,27-28,33,41,50H,1-2,6,9-10,13-16,22-24H2,3-5H3/t27?,28-,33-,41-/m0/s1. The normalized spacial score (nSPS) is 20.1. The number of methoxy groups -OCH3 is 2. The van der Waals surface area contributed by atoms with Crippen LogP contribution in [0.15, 0.2) is 83.0 Å². The second-order valence-electron chi connectivity index (χ2n) is 14.5. The van der Waals surface area contributed by atoms with Crippen LogP contribution in [0.4, 0.5) is 16.2 Å². The number of nitrogens with zero attached hydrogens (tertiary/aromatic N) is 5. The van der Waals surface area contributed by atoms with Gasteiger partial charge in [0.05, 0.1) is 62.0 Å². The SMILES string of the molecule is C=C1C[C@H]2C=Nc3cc(OCCCCCOc4cc5c(cc4OC)C(=O)N4CC(=C)C[C@H]4[C@H](O)N5C(=O)OCC(C)SSc4ccccn4)c(OC)cc3C(=O)N2C1.